The minimum absolute atomic E-state index is 0.171. The quantitative estimate of drug-likeness (QED) is 0.734. The monoisotopic (exact) mass is 249 g/mol. The number of pyridine rings is 1. The van der Waals surface area contributed by atoms with Crippen LogP contribution in [0.4, 0.5) is 0 Å². The Morgan fingerprint density at radius 3 is 2.78 bits per heavy atom. The Bertz CT molecular complexity index is 461. The Balaban J connectivity index is 1.86. The minimum Gasteiger partial charge on any atom is -0.367 e. The van der Waals surface area contributed by atoms with Gasteiger partial charge in [-0.1, -0.05) is 0 Å². The fraction of sp³-hybridized carbons (Fsp3) is 0.538. The van der Waals surface area contributed by atoms with Crippen molar-refractivity contribution in [3.63, 3.8) is 0 Å². The number of hydrogen-bond acceptors (Lipinski definition) is 3. The summed E-state index contributed by atoms with van der Waals surface area (Å²) in [6, 6.07) is 1.67. The molecule has 0 spiro atoms. The molecule has 1 aliphatic carbocycles. The summed E-state index contributed by atoms with van der Waals surface area (Å²) < 4.78 is 0. The van der Waals surface area contributed by atoms with Gasteiger partial charge in [0.05, 0.1) is 0 Å². The van der Waals surface area contributed by atoms with Crippen LogP contribution >= 0.6 is 0 Å². The van der Waals surface area contributed by atoms with E-state index >= 15 is 0 Å². The van der Waals surface area contributed by atoms with Crippen molar-refractivity contribution < 1.29 is 4.79 Å². The van der Waals surface area contributed by atoms with Crippen LogP contribution in [0.3, 0.4) is 0 Å². The summed E-state index contributed by atoms with van der Waals surface area (Å²) in [5, 5.41) is 2.82. The molecular weight excluding hydrogens is 230 g/mol. The first-order chi connectivity index (χ1) is 8.66. The maximum atomic E-state index is 11.8. The van der Waals surface area contributed by atoms with Crippen molar-refractivity contribution in [3.8, 4) is 0 Å². The Morgan fingerprint density at radius 2 is 2.11 bits per heavy atom. The summed E-state index contributed by atoms with van der Waals surface area (Å²) in [6.07, 6.45) is 7.09. The lowest BCUT2D eigenvalue weighted by atomic mass is 9.86. The van der Waals surface area contributed by atoms with Gasteiger partial charge in [0.2, 0.25) is 0 Å². The third-order valence-corrected chi connectivity index (χ3v) is 3.51. The standard InChI is InChI=1S/C13H19N3O2/c14-10-3-1-9(2-4-10)7-16-13(18)11-8-15-6-5-12(11)17/h5-6,8-10H,1-4,7,14H2,(H,15,17)(H,16,18). The van der Waals surface area contributed by atoms with E-state index in [9.17, 15) is 9.59 Å². The largest absolute Gasteiger partial charge is 0.367 e. The molecule has 4 N–H and O–H groups in total. The number of nitrogens with one attached hydrogen (secondary N) is 2. The van der Waals surface area contributed by atoms with Crippen LogP contribution in [0.5, 0.6) is 0 Å². The molecule has 1 saturated carbocycles. The smallest absolute Gasteiger partial charge is 0.256 e. The first kappa shape index (κ1) is 12.8. The molecule has 0 saturated heterocycles. The Labute approximate surface area is 106 Å². The van der Waals surface area contributed by atoms with Crippen molar-refractivity contribution >= 4 is 5.91 Å². The summed E-state index contributed by atoms with van der Waals surface area (Å²) in [6.45, 7) is 0.625. The highest BCUT2D eigenvalue weighted by Crippen LogP contribution is 2.22. The average molecular weight is 249 g/mol. The molecule has 0 atom stereocenters. The van der Waals surface area contributed by atoms with Gasteiger partial charge in [-0.3, -0.25) is 9.59 Å². The highest BCUT2D eigenvalue weighted by atomic mass is 16.2. The number of carbonyl (C=O) groups excluding carboxylic acids is 1. The molecule has 1 aromatic rings. The normalized spacial score (nSPS) is 23.6. The number of nitrogens with two attached hydrogens (primary N) is 1. The van der Waals surface area contributed by atoms with E-state index in [4.69, 9.17) is 5.73 Å². The van der Waals surface area contributed by atoms with E-state index in [0.29, 0.717) is 18.5 Å². The van der Waals surface area contributed by atoms with E-state index in [-0.39, 0.29) is 16.9 Å². The van der Waals surface area contributed by atoms with Gasteiger partial charge in [0, 0.05) is 31.0 Å². The first-order valence-electron chi connectivity index (χ1n) is 6.37. The van der Waals surface area contributed by atoms with Gasteiger partial charge in [-0.25, -0.2) is 0 Å². The van der Waals surface area contributed by atoms with E-state index in [0.717, 1.165) is 25.7 Å². The maximum absolute atomic E-state index is 11.8. The molecule has 18 heavy (non-hydrogen) atoms. The zero-order valence-electron chi connectivity index (χ0n) is 10.3. The van der Waals surface area contributed by atoms with Crippen molar-refractivity contribution in [2.45, 2.75) is 31.7 Å². The summed E-state index contributed by atoms with van der Waals surface area (Å²) >= 11 is 0. The lowest BCUT2D eigenvalue weighted by Crippen LogP contribution is -2.35. The van der Waals surface area contributed by atoms with Crippen molar-refractivity contribution in [1.82, 2.24) is 10.3 Å². The van der Waals surface area contributed by atoms with Gasteiger partial charge in [-0.05, 0) is 31.6 Å². The molecule has 1 amide bonds. The molecule has 5 heteroatoms. The maximum Gasteiger partial charge on any atom is 0.256 e. The summed E-state index contributed by atoms with van der Waals surface area (Å²) in [5.41, 5.74) is 5.75. The highest BCUT2D eigenvalue weighted by Gasteiger charge is 2.19. The summed E-state index contributed by atoms with van der Waals surface area (Å²) in [7, 11) is 0. The number of aromatic amines is 1. The van der Waals surface area contributed by atoms with Gasteiger partial charge in [-0.15, -0.1) is 0 Å². The summed E-state index contributed by atoms with van der Waals surface area (Å²) in [4.78, 5) is 26.0. The van der Waals surface area contributed by atoms with Crippen LogP contribution in [0.25, 0.3) is 0 Å². The van der Waals surface area contributed by atoms with E-state index in [2.05, 4.69) is 10.3 Å². The van der Waals surface area contributed by atoms with Crippen LogP contribution in [-0.2, 0) is 0 Å². The van der Waals surface area contributed by atoms with Crippen LogP contribution in [0, 0.1) is 5.92 Å². The first-order valence-corrected chi connectivity index (χ1v) is 6.37. The van der Waals surface area contributed by atoms with Crippen molar-refractivity contribution in [2.75, 3.05) is 6.54 Å². The van der Waals surface area contributed by atoms with Gasteiger partial charge in [-0.2, -0.15) is 0 Å². The SMILES string of the molecule is NC1CCC(CNC(=O)c2c[nH]ccc2=O)CC1. The van der Waals surface area contributed by atoms with Crippen LogP contribution in [0.1, 0.15) is 36.0 Å². The van der Waals surface area contributed by atoms with Gasteiger partial charge >= 0.3 is 0 Å². The molecule has 1 aliphatic rings. The second-order valence-corrected chi connectivity index (χ2v) is 4.91. The molecule has 2 rings (SSSR count). The topological polar surface area (TPSA) is 88.0 Å². The van der Waals surface area contributed by atoms with Gasteiger partial charge in [0.25, 0.3) is 5.91 Å². The molecule has 1 fully saturated rings. The number of rotatable bonds is 3. The predicted octanol–water partition coefficient (Wildman–Crippen LogP) is 0.622. The molecule has 5 nitrogen and oxygen atoms in total. The molecule has 98 valence electrons. The molecule has 1 aromatic heterocycles. The molecule has 1 heterocycles. The van der Waals surface area contributed by atoms with E-state index in [1.165, 1.54) is 18.5 Å². The van der Waals surface area contributed by atoms with E-state index < -0.39 is 0 Å². The Kier molecular flexibility index (Phi) is 4.15. The fourth-order valence-corrected chi connectivity index (χ4v) is 2.32. The zero-order chi connectivity index (χ0) is 13.0. The fourth-order valence-electron chi connectivity index (χ4n) is 2.32. The molecule has 0 aliphatic heterocycles. The van der Waals surface area contributed by atoms with Crippen molar-refractivity contribution in [3.05, 3.63) is 34.2 Å². The molecule has 0 radical (unpaired) electrons. The zero-order valence-corrected chi connectivity index (χ0v) is 10.3. The molecular formula is C13H19N3O2. The number of aromatic nitrogens is 1. The highest BCUT2D eigenvalue weighted by molar-refractivity contribution is 5.93. The Hall–Kier alpha value is -1.62. The van der Waals surface area contributed by atoms with Gasteiger partial charge in [0.15, 0.2) is 5.43 Å². The number of carbonyl (C=O) groups is 1. The molecule has 0 aromatic carbocycles. The third kappa shape index (κ3) is 3.20. The third-order valence-electron chi connectivity index (χ3n) is 3.51. The van der Waals surface area contributed by atoms with E-state index in [1.54, 1.807) is 0 Å². The Morgan fingerprint density at radius 1 is 1.39 bits per heavy atom. The lowest BCUT2D eigenvalue weighted by Gasteiger charge is -2.26. The van der Waals surface area contributed by atoms with Crippen LogP contribution in [0.2, 0.25) is 0 Å². The van der Waals surface area contributed by atoms with Crippen molar-refractivity contribution in [2.24, 2.45) is 11.7 Å². The second kappa shape index (κ2) is 5.82. The van der Waals surface area contributed by atoms with Crippen molar-refractivity contribution in [1.29, 1.82) is 0 Å². The molecule has 0 unspecified atom stereocenters. The number of amides is 1. The van der Waals surface area contributed by atoms with Gasteiger partial charge in [0.1, 0.15) is 5.56 Å². The average Bonchev–Trinajstić information content (AvgIpc) is 2.38. The lowest BCUT2D eigenvalue weighted by molar-refractivity contribution is 0.0941. The van der Waals surface area contributed by atoms with Crippen LogP contribution in [-0.4, -0.2) is 23.5 Å². The van der Waals surface area contributed by atoms with Gasteiger partial charge < -0.3 is 16.0 Å². The van der Waals surface area contributed by atoms with Crippen LogP contribution < -0.4 is 16.5 Å². The van der Waals surface area contributed by atoms with E-state index in [1.807, 2.05) is 0 Å². The number of hydrogen-bond donors (Lipinski definition) is 3. The predicted molar refractivity (Wildman–Crippen MR) is 69.3 cm³/mol. The number of H-pyrrole nitrogens is 1. The molecule has 0 bridgehead atoms. The minimum atomic E-state index is -0.299. The van der Waals surface area contributed by atoms with Crippen LogP contribution in [0.15, 0.2) is 23.3 Å². The summed E-state index contributed by atoms with van der Waals surface area (Å²) in [5.74, 6) is 0.184. The second-order valence-electron chi connectivity index (χ2n) is 4.91.